The van der Waals surface area contributed by atoms with Crippen molar-refractivity contribution < 1.29 is 63.2 Å². The lowest BCUT2D eigenvalue weighted by atomic mass is 9.73. The number of cyclic esters (lactones) is 1. The van der Waals surface area contributed by atoms with Crippen LogP contribution in [0.3, 0.4) is 0 Å². The maximum absolute atomic E-state index is 14.4. The number of rotatable bonds is 10. The highest BCUT2D eigenvalue weighted by molar-refractivity contribution is 5.83. The Balaban J connectivity index is 1.93. The van der Waals surface area contributed by atoms with Gasteiger partial charge in [-0.2, -0.15) is 0 Å². The lowest BCUT2D eigenvalue weighted by Crippen LogP contribution is -2.61. The highest BCUT2D eigenvalue weighted by atomic mass is 16.7. The molecule has 3 aliphatic heterocycles. The molecule has 0 amide bonds. The van der Waals surface area contributed by atoms with Crippen LogP contribution in [0.5, 0.6) is 0 Å². The second kappa shape index (κ2) is 19.7. The van der Waals surface area contributed by atoms with Crippen molar-refractivity contribution in [2.45, 2.75) is 186 Å². The Morgan fingerprint density at radius 3 is 2.09 bits per heavy atom. The fourth-order valence-electron chi connectivity index (χ4n) is 9.35. The first-order valence-corrected chi connectivity index (χ1v) is 21.0. The van der Waals surface area contributed by atoms with Gasteiger partial charge in [-0.3, -0.25) is 9.59 Å². The monoisotopic (exact) mass is 824 g/mol. The average Bonchev–Trinajstić information content (AvgIpc) is 3.18. The van der Waals surface area contributed by atoms with Gasteiger partial charge in [0.1, 0.15) is 29.7 Å². The first kappa shape index (κ1) is 48.6. The van der Waals surface area contributed by atoms with Gasteiger partial charge < -0.3 is 58.5 Å². The number of hydrogen-bond donors (Lipinski definition) is 4. The third-order valence-corrected chi connectivity index (χ3v) is 13.2. The Kier molecular flexibility index (Phi) is 16.5. The number of ether oxygens (including phenoxy) is 7. The fraction of sp³-hybridized carbons (Fsp3) is 0.818. The number of Topliss-reactive ketones (excluding diaryl/α,β-unsaturated/α-hetero) is 1. The van der Waals surface area contributed by atoms with E-state index in [1.807, 2.05) is 70.1 Å². The van der Waals surface area contributed by atoms with Gasteiger partial charge in [0.05, 0.1) is 54.2 Å². The van der Waals surface area contributed by atoms with Crippen molar-refractivity contribution in [2.75, 3.05) is 21.2 Å². The van der Waals surface area contributed by atoms with Gasteiger partial charge in [-0.1, -0.05) is 58.0 Å². The minimum absolute atomic E-state index is 0.0794. The summed E-state index contributed by atoms with van der Waals surface area (Å²) in [6, 6.07) is 9.25. The van der Waals surface area contributed by atoms with Crippen molar-refractivity contribution in [3.63, 3.8) is 0 Å². The van der Waals surface area contributed by atoms with E-state index in [0.29, 0.717) is 6.42 Å². The molecule has 332 valence electrons. The molecule has 4 rings (SSSR count). The third kappa shape index (κ3) is 10.7. The van der Waals surface area contributed by atoms with E-state index >= 15 is 0 Å². The van der Waals surface area contributed by atoms with Crippen molar-refractivity contribution in [2.24, 2.45) is 23.7 Å². The molecule has 3 aliphatic rings. The van der Waals surface area contributed by atoms with Gasteiger partial charge in [-0.05, 0) is 80.5 Å². The molecule has 0 bridgehead atoms. The molecule has 0 saturated carbocycles. The molecule has 4 N–H and O–H groups in total. The SMILES string of the molecule is CCC1OC(=O)[C@H](C)C(O[C@H]2C[C@@](C)(OC)[C@@H](O)[C@H](C)O2)[C@H](C)[C@@H](O[C@@H]2O[C@H](C)C[C@H](N(C)C)[C@H]2O)[C@](C)(OCc2ccccc2)C[C@@H](C)C(=O)[C@H](C)[C@@H](O)[C@]1(C)O. The molecule has 14 heteroatoms. The van der Waals surface area contributed by atoms with Crippen LogP contribution >= 0.6 is 0 Å². The van der Waals surface area contributed by atoms with E-state index in [1.165, 1.54) is 14.0 Å². The van der Waals surface area contributed by atoms with Gasteiger partial charge in [0, 0.05) is 37.3 Å². The van der Waals surface area contributed by atoms with Crippen molar-refractivity contribution in [3.05, 3.63) is 35.9 Å². The van der Waals surface area contributed by atoms with E-state index in [1.54, 1.807) is 41.5 Å². The number of esters is 1. The fourth-order valence-corrected chi connectivity index (χ4v) is 9.35. The van der Waals surface area contributed by atoms with Crippen LogP contribution in [-0.4, -0.2) is 143 Å². The molecule has 0 aromatic heterocycles. The Morgan fingerprint density at radius 2 is 1.50 bits per heavy atom. The Bertz CT molecular complexity index is 1480. The van der Waals surface area contributed by atoms with Crippen molar-refractivity contribution in [1.82, 2.24) is 4.90 Å². The summed E-state index contributed by atoms with van der Waals surface area (Å²) in [5.74, 6) is -4.64. The van der Waals surface area contributed by atoms with Crippen LogP contribution in [0.4, 0.5) is 0 Å². The number of likely N-dealkylation sites (N-methyl/N-ethyl adjacent to an activating group) is 1. The molecule has 3 heterocycles. The van der Waals surface area contributed by atoms with Crippen LogP contribution < -0.4 is 0 Å². The number of ketones is 1. The number of carbonyl (C=O) groups is 2. The molecule has 3 saturated heterocycles. The lowest BCUT2D eigenvalue weighted by Gasteiger charge is -2.50. The van der Waals surface area contributed by atoms with Crippen molar-refractivity contribution in [1.29, 1.82) is 0 Å². The molecule has 0 aliphatic carbocycles. The van der Waals surface area contributed by atoms with Crippen LogP contribution in [0.25, 0.3) is 0 Å². The number of aliphatic hydroxyl groups is 4. The molecule has 0 spiro atoms. The second-order valence-electron chi connectivity index (χ2n) is 18.2. The smallest absolute Gasteiger partial charge is 0.311 e. The standard InChI is InChI=1S/C44H73NO13/c1-14-32-44(10,51)37(48)26(4)34(46)24(2)21-43(9,53-23-30-18-16-15-17-19-30)39(58-41-35(47)31(45(11)12)20-25(3)54-41)27(5)36(28(6)40(50)56-32)57-33-22-42(8,52-13)38(49)29(7)55-33/h15-19,24-29,31-33,35-39,41,47-49,51H,14,20-23H2,1-13H3/t24-,25-,26+,27+,28-,29+,31+,32?,33+,35-,36?,37-,38+,39-,41+,42-,43-,44-/m1/s1. The molecular weight excluding hydrogens is 750 g/mol. The van der Waals surface area contributed by atoms with Crippen LogP contribution in [0, 0.1) is 23.7 Å². The average molecular weight is 824 g/mol. The van der Waals surface area contributed by atoms with Gasteiger partial charge in [-0.25, -0.2) is 0 Å². The summed E-state index contributed by atoms with van der Waals surface area (Å²) < 4.78 is 45.2. The summed E-state index contributed by atoms with van der Waals surface area (Å²) >= 11 is 0. The molecule has 2 unspecified atom stereocenters. The number of benzene rings is 1. The van der Waals surface area contributed by atoms with Gasteiger partial charge in [0.25, 0.3) is 0 Å². The highest BCUT2D eigenvalue weighted by Gasteiger charge is 2.54. The molecule has 58 heavy (non-hydrogen) atoms. The zero-order valence-electron chi connectivity index (χ0n) is 37.0. The highest BCUT2D eigenvalue weighted by Crippen LogP contribution is 2.42. The first-order valence-electron chi connectivity index (χ1n) is 21.0. The molecular formula is C44H73NO13. The van der Waals surface area contributed by atoms with E-state index in [0.717, 1.165) is 5.56 Å². The van der Waals surface area contributed by atoms with Crippen molar-refractivity contribution in [3.8, 4) is 0 Å². The minimum Gasteiger partial charge on any atom is -0.459 e. The number of aliphatic hydroxyl groups excluding tert-OH is 3. The van der Waals surface area contributed by atoms with E-state index in [2.05, 4.69) is 0 Å². The molecule has 0 radical (unpaired) electrons. The number of hydrogen-bond acceptors (Lipinski definition) is 14. The predicted molar refractivity (Wildman–Crippen MR) is 215 cm³/mol. The van der Waals surface area contributed by atoms with E-state index in [-0.39, 0.29) is 43.8 Å². The molecule has 14 nitrogen and oxygen atoms in total. The van der Waals surface area contributed by atoms with Gasteiger partial charge >= 0.3 is 5.97 Å². The quantitative estimate of drug-likeness (QED) is 0.249. The molecule has 1 aromatic carbocycles. The Labute approximate surface area is 345 Å². The molecule has 3 fully saturated rings. The van der Waals surface area contributed by atoms with Crippen molar-refractivity contribution >= 4 is 11.8 Å². The summed E-state index contributed by atoms with van der Waals surface area (Å²) in [6.07, 6.45) is -9.09. The van der Waals surface area contributed by atoms with Crippen LogP contribution in [0.15, 0.2) is 30.3 Å². The summed E-state index contributed by atoms with van der Waals surface area (Å²) in [5.41, 5.74) is -3.52. The maximum atomic E-state index is 14.4. The lowest BCUT2D eigenvalue weighted by molar-refractivity contribution is -0.321. The summed E-state index contributed by atoms with van der Waals surface area (Å²) in [6.45, 7) is 17.3. The molecule has 18 atom stereocenters. The molecule has 1 aromatic rings. The number of nitrogens with zero attached hydrogens (tertiary/aromatic N) is 1. The minimum atomic E-state index is -1.99. The summed E-state index contributed by atoms with van der Waals surface area (Å²) in [7, 11) is 5.28. The Morgan fingerprint density at radius 1 is 0.862 bits per heavy atom. The van der Waals surface area contributed by atoms with E-state index in [4.69, 9.17) is 33.2 Å². The van der Waals surface area contributed by atoms with E-state index in [9.17, 15) is 30.0 Å². The van der Waals surface area contributed by atoms with Gasteiger partial charge in [0.15, 0.2) is 12.6 Å². The number of carbonyl (C=O) groups excluding carboxylic acids is 2. The maximum Gasteiger partial charge on any atom is 0.311 e. The van der Waals surface area contributed by atoms with Crippen LogP contribution in [0.2, 0.25) is 0 Å². The number of methoxy groups -OCH3 is 1. The largest absolute Gasteiger partial charge is 0.459 e. The normalized spacial score (nSPS) is 45.1. The van der Waals surface area contributed by atoms with Gasteiger partial charge in [0.2, 0.25) is 0 Å². The summed E-state index contributed by atoms with van der Waals surface area (Å²) in [5, 5.41) is 46.3. The Hall–Kier alpha value is -2.08. The van der Waals surface area contributed by atoms with Gasteiger partial charge in [-0.15, -0.1) is 0 Å². The predicted octanol–water partition coefficient (Wildman–Crippen LogP) is 4.01. The second-order valence-corrected chi connectivity index (χ2v) is 18.2. The zero-order chi connectivity index (χ0) is 43.5. The first-order chi connectivity index (χ1) is 27.0. The third-order valence-electron chi connectivity index (χ3n) is 13.2. The summed E-state index contributed by atoms with van der Waals surface area (Å²) in [4.78, 5) is 30.7. The zero-order valence-corrected chi connectivity index (χ0v) is 37.0. The van der Waals surface area contributed by atoms with E-state index < -0.39 is 102 Å². The topological polar surface area (TPSA) is 183 Å². The van der Waals surface area contributed by atoms with Crippen LogP contribution in [0.1, 0.15) is 100 Å². The van der Waals surface area contributed by atoms with Crippen LogP contribution in [-0.2, 0) is 49.4 Å².